The van der Waals surface area contributed by atoms with Crippen molar-refractivity contribution in [2.45, 2.75) is 18.9 Å². The SMILES string of the molecule is CN(Cc1ccc(C(=O)O)cc1)C(=O)C1CC1c1ccccc1Cl. The molecule has 5 heteroatoms. The average molecular weight is 344 g/mol. The third-order valence-electron chi connectivity index (χ3n) is 4.41. The molecule has 0 heterocycles. The zero-order valence-corrected chi connectivity index (χ0v) is 14.0. The first kappa shape index (κ1) is 16.5. The molecule has 3 rings (SSSR count). The van der Waals surface area contributed by atoms with E-state index < -0.39 is 5.97 Å². The number of hydrogen-bond acceptors (Lipinski definition) is 2. The van der Waals surface area contributed by atoms with Crippen molar-refractivity contribution < 1.29 is 14.7 Å². The highest BCUT2D eigenvalue weighted by atomic mass is 35.5. The molecule has 1 fully saturated rings. The van der Waals surface area contributed by atoms with Crippen LogP contribution in [0.3, 0.4) is 0 Å². The minimum absolute atomic E-state index is 0.0202. The lowest BCUT2D eigenvalue weighted by Crippen LogP contribution is -2.28. The van der Waals surface area contributed by atoms with Crippen molar-refractivity contribution in [1.82, 2.24) is 4.90 Å². The fourth-order valence-electron chi connectivity index (χ4n) is 2.98. The minimum atomic E-state index is -0.952. The van der Waals surface area contributed by atoms with E-state index in [1.54, 1.807) is 36.2 Å². The maximum Gasteiger partial charge on any atom is 0.335 e. The van der Waals surface area contributed by atoms with Crippen LogP contribution in [0.2, 0.25) is 5.02 Å². The Morgan fingerprint density at radius 3 is 2.46 bits per heavy atom. The minimum Gasteiger partial charge on any atom is -0.478 e. The summed E-state index contributed by atoms with van der Waals surface area (Å²) in [6, 6.07) is 14.2. The molecule has 2 aromatic carbocycles. The summed E-state index contributed by atoms with van der Waals surface area (Å²) in [5.41, 5.74) is 2.19. The highest BCUT2D eigenvalue weighted by molar-refractivity contribution is 6.31. The summed E-state index contributed by atoms with van der Waals surface area (Å²) in [6.07, 6.45) is 0.824. The van der Waals surface area contributed by atoms with Crippen LogP contribution in [-0.2, 0) is 11.3 Å². The summed E-state index contributed by atoms with van der Waals surface area (Å²) in [5.74, 6) is -0.676. The lowest BCUT2D eigenvalue weighted by Gasteiger charge is -2.17. The molecule has 0 aromatic heterocycles. The molecule has 1 N–H and O–H groups in total. The molecule has 1 saturated carbocycles. The van der Waals surface area contributed by atoms with Crippen LogP contribution in [0.5, 0.6) is 0 Å². The number of halogens is 1. The van der Waals surface area contributed by atoms with Crippen LogP contribution in [0.15, 0.2) is 48.5 Å². The first-order valence-electron chi connectivity index (χ1n) is 7.79. The Kier molecular flexibility index (Phi) is 4.58. The highest BCUT2D eigenvalue weighted by Crippen LogP contribution is 2.50. The van der Waals surface area contributed by atoms with Gasteiger partial charge in [0.2, 0.25) is 5.91 Å². The van der Waals surface area contributed by atoms with Gasteiger partial charge >= 0.3 is 5.97 Å². The quantitative estimate of drug-likeness (QED) is 0.898. The van der Waals surface area contributed by atoms with Crippen LogP contribution in [0.1, 0.15) is 33.8 Å². The van der Waals surface area contributed by atoms with Gasteiger partial charge in [-0.15, -0.1) is 0 Å². The van der Waals surface area contributed by atoms with Crippen molar-refractivity contribution in [3.8, 4) is 0 Å². The molecule has 1 aliphatic carbocycles. The predicted octanol–water partition coefficient (Wildman–Crippen LogP) is 3.80. The first-order valence-corrected chi connectivity index (χ1v) is 8.17. The van der Waals surface area contributed by atoms with E-state index in [9.17, 15) is 9.59 Å². The lowest BCUT2D eigenvalue weighted by atomic mass is 10.1. The first-order chi connectivity index (χ1) is 11.5. The fourth-order valence-corrected chi connectivity index (χ4v) is 3.25. The molecule has 2 aromatic rings. The molecule has 0 aliphatic heterocycles. The summed E-state index contributed by atoms with van der Waals surface area (Å²) in [5, 5.41) is 9.62. The Bertz CT molecular complexity index is 772. The van der Waals surface area contributed by atoms with E-state index >= 15 is 0 Å². The monoisotopic (exact) mass is 343 g/mol. The third kappa shape index (κ3) is 3.44. The number of carboxylic acids is 1. The molecule has 2 unspecified atom stereocenters. The number of carbonyl (C=O) groups is 2. The standard InChI is InChI=1S/C19H18ClNO3/c1-21(11-12-6-8-13(9-7-12)19(23)24)18(22)16-10-15(16)14-4-2-3-5-17(14)20/h2-9,15-16H,10-11H2,1H3,(H,23,24). The summed E-state index contributed by atoms with van der Waals surface area (Å²) in [6.45, 7) is 0.463. The number of benzene rings is 2. The van der Waals surface area contributed by atoms with Crippen LogP contribution < -0.4 is 0 Å². The number of carboxylic acid groups (broad SMARTS) is 1. The Morgan fingerprint density at radius 2 is 1.83 bits per heavy atom. The summed E-state index contributed by atoms with van der Waals surface area (Å²) >= 11 is 6.21. The second-order valence-electron chi connectivity index (χ2n) is 6.17. The van der Waals surface area contributed by atoms with Gasteiger partial charge in [0.05, 0.1) is 5.56 Å². The van der Waals surface area contributed by atoms with E-state index in [2.05, 4.69) is 0 Å². The maximum atomic E-state index is 12.6. The molecule has 1 aliphatic rings. The number of nitrogens with zero attached hydrogens (tertiary/aromatic N) is 1. The lowest BCUT2D eigenvalue weighted by molar-refractivity contribution is -0.131. The van der Waals surface area contributed by atoms with Gasteiger partial charge in [0.15, 0.2) is 0 Å². The van der Waals surface area contributed by atoms with Gasteiger partial charge in [-0.3, -0.25) is 4.79 Å². The molecule has 24 heavy (non-hydrogen) atoms. The van der Waals surface area contributed by atoms with E-state index in [1.807, 2.05) is 24.3 Å². The summed E-state index contributed by atoms with van der Waals surface area (Å²) in [7, 11) is 1.77. The van der Waals surface area contributed by atoms with Crippen molar-refractivity contribution in [3.63, 3.8) is 0 Å². The molecule has 0 spiro atoms. The van der Waals surface area contributed by atoms with Gasteiger partial charge in [-0.1, -0.05) is 41.9 Å². The van der Waals surface area contributed by atoms with Gasteiger partial charge in [-0.2, -0.15) is 0 Å². The van der Waals surface area contributed by atoms with Gasteiger partial charge in [0.25, 0.3) is 0 Å². The van der Waals surface area contributed by atoms with E-state index in [0.29, 0.717) is 11.6 Å². The fraction of sp³-hybridized carbons (Fsp3) is 0.263. The zero-order chi connectivity index (χ0) is 17.3. The van der Waals surface area contributed by atoms with Crippen LogP contribution in [0.25, 0.3) is 0 Å². The Balaban J connectivity index is 1.62. The number of rotatable bonds is 5. The van der Waals surface area contributed by atoms with E-state index in [0.717, 1.165) is 17.5 Å². The normalized spacial score (nSPS) is 18.9. The van der Waals surface area contributed by atoms with Gasteiger partial charge < -0.3 is 10.0 Å². The Labute approximate surface area is 145 Å². The number of carbonyl (C=O) groups excluding carboxylic acids is 1. The average Bonchev–Trinajstić information content (AvgIpc) is 3.35. The van der Waals surface area contributed by atoms with Crippen LogP contribution >= 0.6 is 11.6 Å². The van der Waals surface area contributed by atoms with Gasteiger partial charge in [0, 0.05) is 24.5 Å². The largest absolute Gasteiger partial charge is 0.478 e. The van der Waals surface area contributed by atoms with E-state index in [4.69, 9.17) is 16.7 Å². The number of aromatic carboxylic acids is 1. The van der Waals surface area contributed by atoms with E-state index in [1.165, 1.54) is 0 Å². The zero-order valence-electron chi connectivity index (χ0n) is 13.3. The Hall–Kier alpha value is -2.33. The Morgan fingerprint density at radius 1 is 1.17 bits per heavy atom. The third-order valence-corrected chi connectivity index (χ3v) is 4.75. The molecule has 0 saturated heterocycles. The number of hydrogen-bond donors (Lipinski definition) is 1. The summed E-state index contributed by atoms with van der Waals surface area (Å²) in [4.78, 5) is 25.1. The maximum absolute atomic E-state index is 12.6. The van der Waals surface area contributed by atoms with Gasteiger partial charge in [-0.25, -0.2) is 4.79 Å². The van der Waals surface area contributed by atoms with Crippen molar-refractivity contribution in [1.29, 1.82) is 0 Å². The molecule has 124 valence electrons. The van der Waals surface area contributed by atoms with Crippen molar-refractivity contribution >= 4 is 23.5 Å². The van der Waals surface area contributed by atoms with Crippen molar-refractivity contribution in [2.75, 3.05) is 7.05 Å². The van der Waals surface area contributed by atoms with Gasteiger partial charge in [0.1, 0.15) is 0 Å². The molecule has 0 radical (unpaired) electrons. The second-order valence-corrected chi connectivity index (χ2v) is 6.57. The highest BCUT2D eigenvalue weighted by Gasteiger charge is 2.45. The van der Waals surface area contributed by atoms with Crippen LogP contribution in [0, 0.1) is 5.92 Å². The summed E-state index contributed by atoms with van der Waals surface area (Å²) < 4.78 is 0. The molecule has 2 atom stereocenters. The molecule has 4 nitrogen and oxygen atoms in total. The smallest absolute Gasteiger partial charge is 0.335 e. The van der Waals surface area contributed by atoms with Crippen LogP contribution in [0.4, 0.5) is 0 Å². The van der Waals surface area contributed by atoms with Crippen LogP contribution in [-0.4, -0.2) is 28.9 Å². The predicted molar refractivity (Wildman–Crippen MR) is 92.2 cm³/mol. The number of amides is 1. The second kappa shape index (κ2) is 6.65. The molecular formula is C19H18ClNO3. The molecule has 1 amide bonds. The van der Waals surface area contributed by atoms with Crippen molar-refractivity contribution in [3.05, 3.63) is 70.2 Å². The van der Waals surface area contributed by atoms with Gasteiger partial charge in [-0.05, 0) is 41.7 Å². The van der Waals surface area contributed by atoms with Crippen molar-refractivity contribution in [2.24, 2.45) is 5.92 Å². The topological polar surface area (TPSA) is 57.6 Å². The molecule has 0 bridgehead atoms. The molecular weight excluding hydrogens is 326 g/mol. The van der Waals surface area contributed by atoms with E-state index in [-0.39, 0.29) is 23.3 Å².